The lowest BCUT2D eigenvalue weighted by Crippen LogP contribution is -2.46. The van der Waals surface area contributed by atoms with Gasteiger partial charge in [0.2, 0.25) is 0 Å². The second kappa shape index (κ2) is 7.15. The Bertz CT molecular complexity index is 607. The van der Waals surface area contributed by atoms with Gasteiger partial charge in [0.1, 0.15) is 0 Å². The average molecular weight is 301 g/mol. The van der Waals surface area contributed by atoms with Gasteiger partial charge in [-0.25, -0.2) is 0 Å². The predicted molar refractivity (Wildman–Crippen MR) is 81.4 cm³/mol. The van der Waals surface area contributed by atoms with Crippen LogP contribution >= 0.6 is 0 Å². The molecule has 116 valence electrons. The summed E-state index contributed by atoms with van der Waals surface area (Å²) in [7, 11) is 0. The fraction of sp³-hybridized carbons (Fsp3) is 0.400. The molecule has 1 aliphatic heterocycles. The van der Waals surface area contributed by atoms with Crippen LogP contribution in [-0.4, -0.2) is 60.2 Å². The molecule has 7 heteroatoms. The summed E-state index contributed by atoms with van der Waals surface area (Å²) >= 11 is 0. The van der Waals surface area contributed by atoms with E-state index in [1.807, 2.05) is 12.1 Å². The first-order valence-electron chi connectivity index (χ1n) is 7.41. The van der Waals surface area contributed by atoms with Gasteiger partial charge in [0.25, 0.3) is 5.91 Å². The van der Waals surface area contributed by atoms with Gasteiger partial charge in [0.05, 0.1) is 0 Å². The zero-order valence-corrected chi connectivity index (χ0v) is 12.3. The largest absolute Gasteiger partial charge is 0.355 e. The van der Waals surface area contributed by atoms with E-state index in [0.29, 0.717) is 18.0 Å². The van der Waals surface area contributed by atoms with Crippen molar-refractivity contribution in [2.75, 3.05) is 39.3 Å². The van der Waals surface area contributed by atoms with Gasteiger partial charge >= 0.3 is 0 Å². The van der Waals surface area contributed by atoms with Crippen molar-refractivity contribution in [1.82, 2.24) is 25.7 Å². The lowest BCUT2D eigenvalue weighted by Gasteiger charge is -2.26. The molecule has 1 fully saturated rings. The van der Waals surface area contributed by atoms with Gasteiger partial charge < -0.3 is 15.2 Å². The SMILES string of the molecule is O=C(NCCN1CCNCC1)c1cc(-c2cccnc2)on1. The Morgan fingerprint density at radius 3 is 3.05 bits per heavy atom. The van der Waals surface area contributed by atoms with Crippen molar-refractivity contribution in [3.05, 3.63) is 36.3 Å². The minimum absolute atomic E-state index is 0.214. The number of pyridine rings is 1. The molecule has 2 N–H and O–H groups in total. The summed E-state index contributed by atoms with van der Waals surface area (Å²) in [6.45, 7) is 5.50. The molecule has 7 nitrogen and oxygen atoms in total. The zero-order chi connectivity index (χ0) is 15.2. The molecule has 0 aromatic carbocycles. The topological polar surface area (TPSA) is 83.3 Å². The first kappa shape index (κ1) is 14.7. The van der Waals surface area contributed by atoms with E-state index in [-0.39, 0.29) is 5.91 Å². The summed E-state index contributed by atoms with van der Waals surface area (Å²) in [4.78, 5) is 18.4. The molecule has 0 aliphatic carbocycles. The van der Waals surface area contributed by atoms with Crippen LogP contribution in [0.1, 0.15) is 10.5 Å². The molecule has 3 heterocycles. The molecule has 2 aromatic rings. The third kappa shape index (κ3) is 3.69. The number of piperazine rings is 1. The van der Waals surface area contributed by atoms with Crippen molar-refractivity contribution < 1.29 is 9.32 Å². The number of amides is 1. The van der Waals surface area contributed by atoms with Crippen LogP contribution in [0.2, 0.25) is 0 Å². The van der Waals surface area contributed by atoms with E-state index in [2.05, 4.69) is 25.7 Å². The van der Waals surface area contributed by atoms with E-state index >= 15 is 0 Å². The summed E-state index contributed by atoms with van der Waals surface area (Å²) in [5, 5.41) is 9.99. The van der Waals surface area contributed by atoms with Crippen LogP contribution in [0, 0.1) is 0 Å². The minimum Gasteiger partial charge on any atom is -0.355 e. The van der Waals surface area contributed by atoms with E-state index in [9.17, 15) is 4.79 Å². The van der Waals surface area contributed by atoms with Crippen molar-refractivity contribution in [1.29, 1.82) is 0 Å². The third-order valence-electron chi connectivity index (χ3n) is 3.61. The molecule has 1 saturated heterocycles. The van der Waals surface area contributed by atoms with Crippen LogP contribution in [0.15, 0.2) is 35.1 Å². The van der Waals surface area contributed by atoms with Crippen molar-refractivity contribution in [3.63, 3.8) is 0 Å². The molecule has 22 heavy (non-hydrogen) atoms. The van der Waals surface area contributed by atoms with E-state index in [1.54, 1.807) is 18.5 Å². The second-order valence-corrected chi connectivity index (χ2v) is 5.17. The molecular weight excluding hydrogens is 282 g/mol. The van der Waals surface area contributed by atoms with Gasteiger partial charge in [-0.1, -0.05) is 5.16 Å². The van der Waals surface area contributed by atoms with Gasteiger partial charge in [0, 0.05) is 63.3 Å². The van der Waals surface area contributed by atoms with Crippen molar-refractivity contribution in [3.8, 4) is 11.3 Å². The lowest BCUT2D eigenvalue weighted by atomic mass is 10.2. The van der Waals surface area contributed by atoms with E-state index in [4.69, 9.17) is 4.52 Å². The standard InChI is InChI=1S/C15H19N5O2/c21-15(18-6-9-20-7-4-16-5-8-20)13-10-14(22-19-13)12-2-1-3-17-11-12/h1-3,10-11,16H,4-9H2,(H,18,21). The maximum absolute atomic E-state index is 12.1. The molecule has 0 atom stereocenters. The smallest absolute Gasteiger partial charge is 0.273 e. The summed E-state index contributed by atoms with van der Waals surface area (Å²) < 4.78 is 5.20. The van der Waals surface area contributed by atoms with Gasteiger partial charge in [0.15, 0.2) is 11.5 Å². The van der Waals surface area contributed by atoms with Gasteiger partial charge in [-0.15, -0.1) is 0 Å². The molecule has 3 rings (SSSR count). The van der Waals surface area contributed by atoms with Crippen LogP contribution in [0.5, 0.6) is 0 Å². The highest BCUT2D eigenvalue weighted by atomic mass is 16.5. The van der Waals surface area contributed by atoms with E-state index < -0.39 is 0 Å². The number of carbonyl (C=O) groups excluding carboxylic acids is 1. The number of carbonyl (C=O) groups is 1. The fourth-order valence-corrected chi connectivity index (χ4v) is 2.38. The minimum atomic E-state index is -0.214. The van der Waals surface area contributed by atoms with Gasteiger partial charge in [-0.2, -0.15) is 0 Å². The Morgan fingerprint density at radius 1 is 1.41 bits per heavy atom. The zero-order valence-electron chi connectivity index (χ0n) is 12.3. The first-order valence-corrected chi connectivity index (χ1v) is 7.41. The van der Waals surface area contributed by atoms with Crippen LogP contribution in [0.25, 0.3) is 11.3 Å². The molecule has 0 radical (unpaired) electrons. The molecule has 0 bridgehead atoms. The number of hydrogen-bond donors (Lipinski definition) is 2. The highest BCUT2D eigenvalue weighted by Crippen LogP contribution is 2.18. The Morgan fingerprint density at radius 2 is 2.27 bits per heavy atom. The predicted octanol–water partition coefficient (Wildman–Crippen LogP) is 0.372. The number of aromatic nitrogens is 2. The summed E-state index contributed by atoms with van der Waals surface area (Å²) in [6, 6.07) is 5.31. The fourth-order valence-electron chi connectivity index (χ4n) is 2.38. The van der Waals surface area contributed by atoms with Crippen molar-refractivity contribution in [2.45, 2.75) is 0 Å². The second-order valence-electron chi connectivity index (χ2n) is 5.17. The van der Waals surface area contributed by atoms with Crippen molar-refractivity contribution >= 4 is 5.91 Å². The molecule has 0 saturated carbocycles. The Balaban J connectivity index is 1.51. The van der Waals surface area contributed by atoms with Gasteiger partial charge in [-0.05, 0) is 12.1 Å². The van der Waals surface area contributed by atoms with E-state index in [0.717, 1.165) is 38.3 Å². The Labute approximate surface area is 128 Å². The molecule has 0 spiro atoms. The third-order valence-corrected chi connectivity index (χ3v) is 3.61. The van der Waals surface area contributed by atoms with Crippen molar-refractivity contribution in [2.24, 2.45) is 0 Å². The lowest BCUT2D eigenvalue weighted by molar-refractivity contribution is 0.0938. The maximum Gasteiger partial charge on any atom is 0.273 e. The molecular formula is C15H19N5O2. The maximum atomic E-state index is 12.1. The van der Waals surface area contributed by atoms with Crippen LogP contribution in [0.3, 0.4) is 0 Å². The summed E-state index contributed by atoms with van der Waals surface area (Å²) in [6.07, 6.45) is 3.36. The first-order chi connectivity index (χ1) is 10.8. The molecule has 1 amide bonds. The summed E-state index contributed by atoms with van der Waals surface area (Å²) in [5.74, 6) is 0.328. The van der Waals surface area contributed by atoms with E-state index in [1.165, 1.54) is 0 Å². The quantitative estimate of drug-likeness (QED) is 0.830. The van der Waals surface area contributed by atoms with Crippen LogP contribution < -0.4 is 10.6 Å². The normalized spacial score (nSPS) is 15.6. The van der Waals surface area contributed by atoms with Crippen LogP contribution in [-0.2, 0) is 0 Å². The van der Waals surface area contributed by atoms with Gasteiger partial charge in [-0.3, -0.25) is 14.7 Å². The molecule has 1 aliphatic rings. The molecule has 2 aromatic heterocycles. The monoisotopic (exact) mass is 301 g/mol. The Hall–Kier alpha value is -2.25. The number of nitrogens with zero attached hydrogens (tertiary/aromatic N) is 3. The summed E-state index contributed by atoms with van der Waals surface area (Å²) in [5.41, 5.74) is 1.09. The average Bonchev–Trinajstić information content (AvgIpc) is 3.07. The van der Waals surface area contributed by atoms with Crippen LogP contribution in [0.4, 0.5) is 0 Å². The highest BCUT2D eigenvalue weighted by Gasteiger charge is 2.14. The molecule has 0 unspecified atom stereocenters. The highest BCUT2D eigenvalue weighted by molar-refractivity contribution is 5.93. The number of hydrogen-bond acceptors (Lipinski definition) is 6. The Kier molecular flexibility index (Phi) is 4.77. The number of rotatable bonds is 5. The number of nitrogens with one attached hydrogen (secondary N) is 2.